The van der Waals surface area contributed by atoms with Crippen molar-refractivity contribution in [2.45, 2.75) is 78.6 Å². The first-order chi connectivity index (χ1) is 12.5. The van der Waals surface area contributed by atoms with Crippen molar-refractivity contribution in [3.05, 3.63) is 0 Å². The zero-order valence-electron chi connectivity index (χ0n) is 16.4. The summed E-state index contributed by atoms with van der Waals surface area (Å²) in [6.45, 7) is 5.48. The Balaban J connectivity index is -0.000000152. The number of aliphatic carboxylic acids is 3. The van der Waals surface area contributed by atoms with Gasteiger partial charge in [-0.25, -0.2) is 0 Å². The fourth-order valence-electron chi connectivity index (χ4n) is 1.58. The molecule has 0 aliphatic carbocycles. The summed E-state index contributed by atoms with van der Waals surface area (Å²) in [5.41, 5.74) is 0. The third-order valence-electron chi connectivity index (χ3n) is 2.61. The van der Waals surface area contributed by atoms with Gasteiger partial charge in [0.15, 0.2) is 0 Å². The molecular weight excluding hydrogens is 412 g/mol. The molecule has 0 aromatic heterocycles. The molecule has 0 amide bonds. The van der Waals surface area contributed by atoms with Crippen molar-refractivity contribution in [1.82, 2.24) is 0 Å². The SMILES string of the molecule is CCCC(=O)CC(=O)[O-].CCCC(=O)CC(=O)[O-].CCCC(=O)CC(=O)[O-].[Cr+3]. The molecule has 9 nitrogen and oxygen atoms in total. The average Bonchev–Trinajstić information content (AvgIpc) is 2.46. The zero-order chi connectivity index (χ0) is 21.8. The molecule has 0 saturated carbocycles. The summed E-state index contributed by atoms with van der Waals surface area (Å²) in [6.07, 6.45) is 1.82. The zero-order valence-corrected chi connectivity index (χ0v) is 17.7. The van der Waals surface area contributed by atoms with Crippen molar-refractivity contribution in [2.24, 2.45) is 0 Å². The van der Waals surface area contributed by atoms with E-state index >= 15 is 0 Å². The Bertz CT molecular complexity index is 430. The number of carboxylic acids is 3. The minimum Gasteiger partial charge on any atom is -0.550 e. The standard InChI is InChI=1S/3C6H10O3.Cr/c3*1-2-3-5(7)4-6(8)9;/h3*2-4H2,1H3,(H,8,9);/q;;;+3/p-3. The van der Waals surface area contributed by atoms with Gasteiger partial charge in [0.2, 0.25) is 0 Å². The number of hydrogen-bond donors (Lipinski definition) is 0. The second-order valence-corrected chi connectivity index (χ2v) is 5.51. The Morgan fingerprint density at radius 3 is 0.786 bits per heavy atom. The van der Waals surface area contributed by atoms with Gasteiger partial charge >= 0.3 is 17.4 Å². The van der Waals surface area contributed by atoms with Crippen molar-refractivity contribution in [2.75, 3.05) is 0 Å². The van der Waals surface area contributed by atoms with Crippen LogP contribution in [0.4, 0.5) is 0 Å². The number of carboxylic acid groups (broad SMARTS) is 3. The first kappa shape index (κ1) is 33.5. The van der Waals surface area contributed by atoms with E-state index in [4.69, 9.17) is 0 Å². The van der Waals surface area contributed by atoms with Crippen LogP contribution in [-0.4, -0.2) is 35.3 Å². The van der Waals surface area contributed by atoms with Gasteiger partial charge in [0.1, 0.15) is 17.3 Å². The first-order valence-corrected chi connectivity index (χ1v) is 8.64. The maximum Gasteiger partial charge on any atom is 3.00 e. The van der Waals surface area contributed by atoms with Gasteiger partial charge in [0.05, 0.1) is 0 Å². The summed E-state index contributed by atoms with van der Waals surface area (Å²) < 4.78 is 0. The molecule has 0 aliphatic heterocycles. The Labute approximate surface area is 175 Å². The molecule has 0 atom stereocenters. The van der Waals surface area contributed by atoms with Gasteiger partial charge in [-0.1, -0.05) is 20.8 Å². The van der Waals surface area contributed by atoms with E-state index in [-0.39, 0.29) is 34.7 Å². The molecule has 0 aromatic carbocycles. The van der Waals surface area contributed by atoms with Gasteiger partial charge in [0, 0.05) is 56.4 Å². The first-order valence-electron chi connectivity index (χ1n) is 8.64. The molecule has 0 N–H and O–H groups in total. The minimum absolute atomic E-state index is 0. The summed E-state index contributed by atoms with van der Waals surface area (Å²) in [5.74, 6) is -4.61. The molecule has 10 heteroatoms. The van der Waals surface area contributed by atoms with Gasteiger partial charge in [-0.05, 0) is 19.3 Å². The average molecular weight is 439 g/mol. The topological polar surface area (TPSA) is 172 Å². The molecule has 0 bridgehead atoms. The third kappa shape index (κ3) is 35.1. The van der Waals surface area contributed by atoms with Crippen molar-refractivity contribution < 1.29 is 61.4 Å². The van der Waals surface area contributed by atoms with Crippen LogP contribution < -0.4 is 15.3 Å². The van der Waals surface area contributed by atoms with E-state index in [1.54, 1.807) is 0 Å². The number of carbonyl (C=O) groups excluding carboxylic acids is 6. The molecular formula is C18H27CrO9. The summed E-state index contributed by atoms with van der Waals surface area (Å²) >= 11 is 0. The maximum absolute atomic E-state index is 10.4. The molecule has 0 fully saturated rings. The molecule has 1 radical (unpaired) electrons. The molecule has 0 aliphatic rings. The van der Waals surface area contributed by atoms with Crippen LogP contribution >= 0.6 is 0 Å². The summed E-state index contributed by atoms with van der Waals surface area (Å²) in [7, 11) is 0. The van der Waals surface area contributed by atoms with Crippen LogP contribution in [0.25, 0.3) is 0 Å². The Morgan fingerprint density at radius 2 is 0.679 bits per heavy atom. The van der Waals surface area contributed by atoms with E-state index in [2.05, 4.69) is 0 Å². The van der Waals surface area contributed by atoms with E-state index < -0.39 is 37.2 Å². The Hall–Kier alpha value is -2.05. The minimum atomic E-state index is -1.28. The fourth-order valence-corrected chi connectivity index (χ4v) is 1.58. The van der Waals surface area contributed by atoms with Crippen molar-refractivity contribution in [3.63, 3.8) is 0 Å². The third-order valence-corrected chi connectivity index (χ3v) is 2.61. The van der Waals surface area contributed by atoms with Crippen molar-refractivity contribution >= 4 is 35.3 Å². The normalized spacial score (nSPS) is 8.68. The smallest absolute Gasteiger partial charge is 0.550 e. The van der Waals surface area contributed by atoms with Crippen molar-refractivity contribution in [1.29, 1.82) is 0 Å². The fraction of sp³-hybridized carbons (Fsp3) is 0.667. The predicted molar refractivity (Wildman–Crippen MR) is 88.6 cm³/mol. The molecule has 0 heterocycles. The second-order valence-electron chi connectivity index (χ2n) is 5.51. The monoisotopic (exact) mass is 439 g/mol. The Kier molecular flexibility index (Phi) is 27.5. The van der Waals surface area contributed by atoms with E-state index in [0.29, 0.717) is 38.5 Å². The van der Waals surface area contributed by atoms with Crippen LogP contribution in [-0.2, 0) is 46.1 Å². The van der Waals surface area contributed by atoms with Crippen LogP contribution in [0.1, 0.15) is 78.6 Å². The Morgan fingerprint density at radius 1 is 0.500 bits per heavy atom. The summed E-state index contributed by atoms with van der Waals surface area (Å²) in [4.78, 5) is 60.6. The van der Waals surface area contributed by atoms with Gasteiger partial charge in [-0.3, -0.25) is 14.4 Å². The van der Waals surface area contributed by atoms with E-state index in [0.717, 1.165) is 0 Å². The quantitative estimate of drug-likeness (QED) is 0.328. The molecule has 0 aromatic rings. The second kappa shape index (κ2) is 23.0. The van der Waals surface area contributed by atoms with E-state index in [9.17, 15) is 44.1 Å². The molecule has 0 rings (SSSR count). The summed E-state index contributed by atoms with van der Waals surface area (Å²) in [6, 6.07) is 0. The molecule has 159 valence electrons. The predicted octanol–water partition coefficient (Wildman–Crippen LogP) is -1.52. The van der Waals surface area contributed by atoms with Crippen LogP contribution in [0.15, 0.2) is 0 Å². The van der Waals surface area contributed by atoms with Gasteiger partial charge in [0.25, 0.3) is 0 Å². The van der Waals surface area contributed by atoms with Crippen LogP contribution in [0.2, 0.25) is 0 Å². The van der Waals surface area contributed by atoms with E-state index in [1.807, 2.05) is 20.8 Å². The largest absolute Gasteiger partial charge is 3.00 e. The number of hydrogen-bond acceptors (Lipinski definition) is 9. The van der Waals surface area contributed by atoms with Gasteiger partial charge in [-0.2, -0.15) is 0 Å². The number of Topliss-reactive ketones (excluding diaryl/α,β-unsaturated/α-hetero) is 3. The summed E-state index contributed by atoms with van der Waals surface area (Å²) in [5, 5.41) is 29.3. The van der Waals surface area contributed by atoms with Crippen LogP contribution in [0, 0.1) is 0 Å². The van der Waals surface area contributed by atoms with Crippen LogP contribution in [0.5, 0.6) is 0 Å². The van der Waals surface area contributed by atoms with Gasteiger partial charge < -0.3 is 29.7 Å². The molecule has 0 spiro atoms. The number of carbonyl (C=O) groups is 6. The number of rotatable bonds is 12. The van der Waals surface area contributed by atoms with Gasteiger partial charge in [-0.15, -0.1) is 0 Å². The molecule has 0 saturated heterocycles. The van der Waals surface area contributed by atoms with E-state index in [1.165, 1.54) is 0 Å². The van der Waals surface area contributed by atoms with Crippen LogP contribution in [0.3, 0.4) is 0 Å². The van der Waals surface area contributed by atoms with Crippen molar-refractivity contribution in [3.8, 4) is 0 Å². The molecule has 0 unspecified atom stereocenters. The maximum atomic E-state index is 10.4. The molecule has 28 heavy (non-hydrogen) atoms. The number of ketones is 3.